The first-order valence-corrected chi connectivity index (χ1v) is 9.60. The average molecular weight is 359 g/mol. The van der Waals surface area contributed by atoms with Gasteiger partial charge < -0.3 is 10.7 Å². The molecule has 0 aliphatic carbocycles. The van der Waals surface area contributed by atoms with Crippen molar-refractivity contribution < 1.29 is 4.79 Å². The van der Waals surface area contributed by atoms with Crippen LogP contribution in [0.15, 0.2) is 29.4 Å². The molecule has 2 N–H and O–H groups in total. The maximum atomic E-state index is 12.5. The highest BCUT2D eigenvalue weighted by atomic mass is 32.2. The molecule has 2 heterocycles. The SMILES string of the molecule is Cc1ccc(-c2nnc(SCC(=O)N3C[C@H](C)C[C@@H](C)C3)n2N)cc1. The predicted molar refractivity (Wildman–Crippen MR) is 101 cm³/mol. The normalized spacial score (nSPS) is 20.7. The molecule has 0 bridgehead atoms. The number of benzene rings is 1. The number of carbonyl (C=O) groups is 1. The summed E-state index contributed by atoms with van der Waals surface area (Å²) in [6, 6.07) is 7.97. The van der Waals surface area contributed by atoms with Crippen molar-refractivity contribution >= 4 is 17.7 Å². The van der Waals surface area contributed by atoms with Crippen LogP contribution >= 0.6 is 11.8 Å². The van der Waals surface area contributed by atoms with Gasteiger partial charge >= 0.3 is 0 Å². The average Bonchev–Trinajstić information content (AvgIpc) is 2.93. The third-order valence-electron chi connectivity index (χ3n) is 4.52. The minimum atomic E-state index is 0.142. The lowest BCUT2D eigenvalue weighted by molar-refractivity contribution is -0.130. The lowest BCUT2D eigenvalue weighted by atomic mass is 9.92. The number of hydrogen-bond donors (Lipinski definition) is 1. The highest BCUT2D eigenvalue weighted by Gasteiger charge is 2.25. The number of nitrogens with zero attached hydrogens (tertiary/aromatic N) is 4. The summed E-state index contributed by atoms with van der Waals surface area (Å²) in [6.45, 7) is 8.12. The summed E-state index contributed by atoms with van der Waals surface area (Å²) < 4.78 is 1.46. The zero-order valence-electron chi connectivity index (χ0n) is 15.0. The van der Waals surface area contributed by atoms with E-state index < -0.39 is 0 Å². The number of likely N-dealkylation sites (tertiary alicyclic amines) is 1. The topological polar surface area (TPSA) is 77.0 Å². The van der Waals surface area contributed by atoms with E-state index in [0.717, 1.165) is 18.7 Å². The van der Waals surface area contributed by atoms with Gasteiger partial charge in [-0.25, -0.2) is 4.68 Å². The molecule has 1 aromatic carbocycles. The summed E-state index contributed by atoms with van der Waals surface area (Å²) in [5, 5.41) is 8.87. The van der Waals surface area contributed by atoms with Gasteiger partial charge in [-0.1, -0.05) is 55.4 Å². The summed E-state index contributed by atoms with van der Waals surface area (Å²) >= 11 is 1.34. The molecule has 25 heavy (non-hydrogen) atoms. The number of aryl methyl sites for hydroxylation is 1. The molecule has 1 aliphatic heterocycles. The maximum Gasteiger partial charge on any atom is 0.233 e. The smallest absolute Gasteiger partial charge is 0.233 e. The molecule has 1 saturated heterocycles. The van der Waals surface area contributed by atoms with Gasteiger partial charge in [0.15, 0.2) is 5.82 Å². The Labute approximate surface area is 152 Å². The van der Waals surface area contributed by atoms with Crippen LogP contribution in [0.2, 0.25) is 0 Å². The first-order chi connectivity index (χ1) is 11.9. The second-order valence-electron chi connectivity index (χ2n) is 7.08. The highest BCUT2D eigenvalue weighted by Crippen LogP contribution is 2.24. The van der Waals surface area contributed by atoms with Crippen molar-refractivity contribution in [1.29, 1.82) is 0 Å². The minimum Gasteiger partial charge on any atom is -0.341 e. The molecule has 1 amide bonds. The van der Waals surface area contributed by atoms with Gasteiger partial charge in [-0.05, 0) is 25.2 Å². The fourth-order valence-electron chi connectivity index (χ4n) is 3.36. The molecule has 3 rings (SSSR count). The van der Waals surface area contributed by atoms with Gasteiger partial charge in [-0.15, -0.1) is 10.2 Å². The van der Waals surface area contributed by atoms with Gasteiger partial charge in [0.25, 0.3) is 0 Å². The Morgan fingerprint density at radius 1 is 1.20 bits per heavy atom. The number of nitrogens with two attached hydrogens (primary N) is 1. The molecule has 1 aliphatic rings. The molecule has 1 fully saturated rings. The Morgan fingerprint density at radius 2 is 1.84 bits per heavy atom. The van der Waals surface area contributed by atoms with Crippen LogP contribution in [0.3, 0.4) is 0 Å². The van der Waals surface area contributed by atoms with Crippen molar-refractivity contribution in [3.8, 4) is 11.4 Å². The molecule has 0 spiro atoms. The van der Waals surface area contributed by atoms with Crippen molar-refractivity contribution in [2.45, 2.75) is 32.3 Å². The fourth-order valence-corrected chi connectivity index (χ4v) is 4.12. The van der Waals surface area contributed by atoms with Crippen molar-refractivity contribution in [3.05, 3.63) is 29.8 Å². The molecule has 0 unspecified atom stereocenters. The zero-order valence-corrected chi connectivity index (χ0v) is 15.8. The van der Waals surface area contributed by atoms with Crippen LogP contribution in [0.1, 0.15) is 25.8 Å². The van der Waals surface area contributed by atoms with E-state index >= 15 is 0 Å². The number of amides is 1. The summed E-state index contributed by atoms with van der Waals surface area (Å²) in [5.41, 5.74) is 2.09. The molecule has 134 valence electrons. The standard InChI is InChI=1S/C18H25N5OS/c1-12-4-6-15(7-5-12)17-20-21-18(23(17)19)25-11-16(24)22-9-13(2)8-14(3)10-22/h4-7,13-14H,8-11,19H2,1-3H3/t13-,14-/m1/s1. The van der Waals surface area contributed by atoms with Crippen LogP contribution < -0.4 is 5.84 Å². The van der Waals surface area contributed by atoms with Gasteiger partial charge in [0, 0.05) is 18.7 Å². The molecular weight excluding hydrogens is 334 g/mol. The minimum absolute atomic E-state index is 0.142. The number of nitrogen functional groups attached to an aromatic ring is 1. The number of hydrogen-bond acceptors (Lipinski definition) is 5. The summed E-state index contributed by atoms with van der Waals surface area (Å²) in [7, 11) is 0. The Morgan fingerprint density at radius 3 is 2.48 bits per heavy atom. The molecule has 2 aromatic rings. The van der Waals surface area contributed by atoms with Gasteiger partial charge in [0.05, 0.1) is 5.75 Å². The largest absolute Gasteiger partial charge is 0.341 e. The monoisotopic (exact) mass is 359 g/mol. The second kappa shape index (κ2) is 7.47. The summed E-state index contributed by atoms with van der Waals surface area (Å²) in [6.07, 6.45) is 1.19. The molecule has 7 heteroatoms. The van der Waals surface area contributed by atoms with Crippen molar-refractivity contribution in [1.82, 2.24) is 19.8 Å². The molecular formula is C18H25N5OS. The zero-order chi connectivity index (χ0) is 18.0. The van der Waals surface area contributed by atoms with E-state index in [1.165, 1.54) is 28.4 Å². The van der Waals surface area contributed by atoms with Crippen LogP contribution in [0.5, 0.6) is 0 Å². The van der Waals surface area contributed by atoms with Crippen LogP contribution in [0, 0.1) is 18.8 Å². The Kier molecular flexibility index (Phi) is 5.32. The van der Waals surface area contributed by atoms with Crippen molar-refractivity contribution in [2.24, 2.45) is 11.8 Å². The number of thioether (sulfide) groups is 1. The quantitative estimate of drug-likeness (QED) is 0.671. The third-order valence-corrected chi connectivity index (χ3v) is 5.45. The van der Waals surface area contributed by atoms with E-state index in [4.69, 9.17) is 5.84 Å². The fraction of sp³-hybridized carbons (Fsp3) is 0.500. The maximum absolute atomic E-state index is 12.5. The van der Waals surface area contributed by atoms with Crippen LogP contribution in [0.25, 0.3) is 11.4 Å². The Bertz CT molecular complexity index is 732. The predicted octanol–water partition coefficient (Wildman–Crippen LogP) is 2.56. The Balaban J connectivity index is 1.64. The van der Waals surface area contributed by atoms with E-state index in [1.54, 1.807) is 0 Å². The van der Waals surface area contributed by atoms with Gasteiger partial charge in [0.2, 0.25) is 11.1 Å². The van der Waals surface area contributed by atoms with Gasteiger partial charge in [-0.2, -0.15) is 0 Å². The van der Waals surface area contributed by atoms with E-state index in [2.05, 4.69) is 24.0 Å². The number of piperidine rings is 1. The summed E-state index contributed by atoms with van der Waals surface area (Å²) in [4.78, 5) is 14.5. The van der Waals surface area contributed by atoms with E-state index in [-0.39, 0.29) is 5.91 Å². The van der Waals surface area contributed by atoms with Crippen molar-refractivity contribution in [2.75, 3.05) is 24.7 Å². The molecule has 1 aromatic heterocycles. The van der Waals surface area contributed by atoms with Crippen LogP contribution in [-0.4, -0.2) is 44.5 Å². The first-order valence-electron chi connectivity index (χ1n) is 8.62. The van der Waals surface area contributed by atoms with Crippen LogP contribution in [-0.2, 0) is 4.79 Å². The van der Waals surface area contributed by atoms with E-state index in [0.29, 0.717) is 28.6 Å². The van der Waals surface area contributed by atoms with E-state index in [1.807, 2.05) is 36.1 Å². The lowest BCUT2D eigenvalue weighted by Crippen LogP contribution is -2.43. The Hall–Kier alpha value is -2.02. The summed E-state index contributed by atoms with van der Waals surface area (Å²) in [5.74, 6) is 8.33. The highest BCUT2D eigenvalue weighted by molar-refractivity contribution is 7.99. The third kappa shape index (κ3) is 4.15. The molecule has 0 saturated carbocycles. The van der Waals surface area contributed by atoms with Crippen molar-refractivity contribution in [3.63, 3.8) is 0 Å². The van der Waals surface area contributed by atoms with Gasteiger partial charge in [0.1, 0.15) is 0 Å². The van der Waals surface area contributed by atoms with E-state index in [9.17, 15) is 4.79 Å². The number of rotatable bonds is 4. The first kappa shape index (κ1) is 17.8. The molecule has 2 atom stereocenters. The van der Waals surface area contributed by atoms with Gasteiger partial charge in [-0.3, -0.25) is 4.79 Å². The number of aromatic nitrogens is 3. The van der Waals surface area contributed by atoms with Crippen LogP contribution in [0.4, 0.5) is 0 Å². The molecule has 6 nitrogen and oxygen atoms in total. The molecule has 0 radical (unpaired) electrons. The lowest BCUT2D eigenvalue weighted by Gasteiger charge is -2.34. The number of carbonyl (C=O) groups excluding carboxylic acids is 1. The second-order valence-corrected chi connectivity index (χ2v) is 8.02.